The summed E-state index contributed by atoms with van der Waals surface area (Å²) < 4.78 is 6.43. The number of carbonyl (C=O) groups is 1. The standard InChI is InChI=1S/C16H11BrO3S/c1-20-13-6-9-4-2-3-5-10(9)11(8-15(18)19)12-7-14(17)21-16(12)13/h2-8H,1H3,(H,18,19)/b11-8-. The van der Waals surface area contributed by atoms with Crippen LogP contribution in [0.3, 0.4) is 0 Å². The second-order valence-electron chi connectivity index (χ2n) is 4.49. The number of carboxylic acid groups (broad SMARTS) is 1. The monoisotopic (exact) mass is 362 g/mol. The van der Waals surface area contributed by atoms with Gasteiger partial charge in [0.2, 0.25) is 0 Å². The summed E-state index contributed by atoms with van der Waals surface area (Å²) in [6.07, 6.45) is 3.20. The zero-order valence-corrected chi connectivity index (χ0v) is 13.5. The van der Waals surface area contributed by atoms with Crippen LogP contribution in [0.25, 0.3) is 17.4 Å². The molecule has 0 fully saturated rings. The van der Waals surface area contributed by atoms with Crippen LogP contribution in [0.15, 0.2) is 40.2 Å². The maximum Gasteiger partial charge on any atom is 0.328 e. The summed E-state index contributed by atoms with van der Waals surface area (Å²) in [5, 5.41) is 9.21. The molecule has 1 aliphatic carbocycles. The van der Waals surface area contributed by atoms with Crippen molar-refractivity contribution in [2.24, 2.45) is 0 Å². The Kier molecular flexibility index (Phi) is 3.69. The molecule has 1 N–H and O–H groups in total. The van der Waals surface area contributed by atoms with E-state index in [1.165, 1.54) is 17.4 Å². The Morgan fingerprint density at radius 3 is 2.81 bits per heavy atom. The molecule has 0 amide bonds. The fourth-order valence-corrected chi connectivity index (χ4v) is 4.00. The van der Waals surface area contributed by atoms with Gasteiger partial charge in [-0.3, -0.25) is 0 Å². The van der Waals surface area contributed by atoms with Crippen molar-refractivity contribution in [1.82, 2.24) is 0 Å². The molecule has 5 heteroatoms. The van der Waals surface area contributed by atoms with Crippen LogP contribution in [0.5, 0.6) is 0 Å². The maximum absolute atomic E-state index is 11.2. The molecule has 1 aromatic carbocycles. The van der Waals surface area contributed by atoms with E-state index >= 15 is 0 Å². The molecule has 3 nitrogen and oxygen atoms in total. The molecular formula is C16H11BrO3S. The molecule has 0 radical (unpaired) electrons. The van der Waals surface area contributed by atoms with Crippen molar-refractivity contribution in [3.05, 3.63) is 61.8 Å². The van der Waals surface area contributed by atoms with Crippen LogP contribution in [0.2, 0.25) is 0 Å². The van der Waals surface area contributed by atoms with Crippen LogP contribution in [-0.2, 0) is 9.53 Å². The predicted octanol–water partition coefficient (Wildman–Crippen LogP) is 4.48. The molecule has 0 bridgehead atoms. The average molecular weight is 363 g/mol. The first kappa shape index (κ1) is 14.1. The Hall–Kier alpha value is -1.85. The third kappa shape index (κ3) is 2.54. The minimum absolute atomic E-state index is 0.693. The first-order chi connectivity index (χ1) is 10.1. The van der Waals surface area contributed by atoms with E-state index in [9.17, 15) is 9.90 Å². The van der Waals surface area contributed by atoms with E-state index in [2.05, 4.69) is 15.9 Å². The highest BCUT2D eigenvalue weighted by Gasteiger charge is 2.23. The number of fused-ring (bicyclic) bond motifs is 2. The number of thiophene rings is 1. The first-order valence-corrected chi connectivity index (χ1v) is 7.81. The van der Waals surface area contributed by atoms with Crippen molar-refractivity contribution in [1.29, 1.82) is 0 Å². The van der Waals surface area contributed by atoms with E-state index in [4.69, 9.17) is 4.74 Å². The minimum Gasteiger partial charge on any atom is -0.495 e. The van der Waals surface area contributed by atoms with Gasteiger partial charge in [0.1, 0.15) is 5.76 Å². The van der Waals surface area contributed by atoms with Gasteiger partial charge in [-0.05, 0) is 44.8 Å². The molecule has 1 heterocycles. The molecule has 3 rings (SSSR count). The van der Waals surface area contributed by atoms with Gasteiger partial charge in [0, 0.05) is 11.6 Å². The van der Waals surface area contributed by atoms with E-state index in [0.717, 1.165) is 31.1 Å². The van der Waals surface area contributed by atoms with Gasteiger partial charge in [-0.2, -0.15) is 0 Å². The molecule has 0 aliphatic heterocycles. The zero-order chi connectivity index (χ0) is 15.0. The van der Waals surface area contributed by atoms with E-state index in [-0.39, 0.29) is 0 Å². The van der Waals surface area contributed by atoms with Gasteiger partial charge in [0.25, 0.3) is 0 Å². The molecule has 1 aromatic heterocycles. The fraction of sp³-hybridized carbons (Fsp3) is 0.0625. The Labute approximate surface area is 134 Å². The molecular weight excluding hydrogens is 352 g/mol. The Balaban J connectivity index is 2.37. The molecule has 0 saturated carbocycles. The molecule has 0 spiro atoms. The minimum atomic E-state index is -0.964. The Bertz CT molecular complexity index is 787. The number of carboxylic acids is 1. The van der Waals surface area contributed by atoms with E-state index in [1.807, 2.05) is 36.4 Å². The van der Waals surface area contributed by atoms with Gasteiger partial charge in [0.05, 0.1) is 15.8 Å². The van der Waals surface area contributed by atoms with Crippen LogP contribution in [0.1, 0.15) is 21.6 Å². The van der Waals surface area contributed by atoms with E-state index in [1.54, 1.807) is 7.11 Å². The van der Waals surface area contributed by atoms with Crippen LogP contribution >= 0.6 is 27.3 Å². The topological polar surface area (TPSA) is 46.5 Å². The normalized spacial score (nSPS) is 15.0. The molecule has 21 heavy (non-hydrogen) atoms. The van der Waals surface area contributed by atoms with Gasteiger partial charge < -0.3 is 9.84 Å². The lowest BCUT2D eigenvalue weighted by molar-refractivity contribution is -0.131. The number of halogens is 1. The van der Waals surface area contributed by atoms with Crippen LogP contribution < -0.4 is 0 Å². The summed E-state index contributed by atoms with van der Waals surface area (Å²) >= 11 is 5.00. The smallest absolute Gasteiger partial charge is 0.328 e. The summed E-state index contributed by atoms with van der Waals surface area (Å²) in [4.78, 5) is 12.1. The highest BCUT2D eigenvalue weighted by atomic mass is 79.9. The highest BCUT2D eigenvalue weighted by Crippen LogP contribution is 2.43. The molecule has 0 atom stereocenters. The van der Waals surface area contributed by atoms with Crippen molar-refractivity contribution in [3.63, 3.8) is 0 Å². The van der Waals surface area contributed by atoms with Gasteiger partial charge in [-0.15, -0.1) is 11.3 Å². The zero-order valence-electron chi connectivity index (χ0n) is 11.1. The SMILES string of the molecule is COC1=Cc2ccccc2/C(=C/C(=O)O)c2cc(Br)sc21. The highest BCUT2D eigenvalue weighted by molar-refractivity contribution is 9.11. The largest absolute Gasteiger partial charge is 0.495 e. The lowest BCUT2D eigenvalue weighted by Gasteiger charge is -2.08. The van der Waals surface area contributed by atoms with Crippen molar-refractivity contribution >= 4 is 50.6 Å². The third-order valence-electron chi connectivity index (χ3n) is 3.24. The molecule has 0 unspecified atom stereocenters. The molecule has 106 valence electrons. The molecule has 1 aliphatic rings. The number of benzene rings is 1. The van der Waals surface area contributed by atoms with Crippen molar-refractivity contribution < 1.29 is 14.6 Å². The predicted molar refractivity (Wildman–Crippen MR) is 88.1 cm³/mol. The number of hydrogen-bond acceptors (Lipinski definition) is 3. The molecule has 2 aromatic rings. The van der Waals surface area contributed by atoms with Crippen molar-refractivity contribution in [2.75, 3.05) is 7.11 Å². The molecule has 0 saturated heterocycles. The lowest BCUT2D eigenvalue weighted by atomic mass is 9.96. The van der Waals surface area contributed by atoms with Gasteiger partial charge in [0.15, 0.2) is 0 Å². The van der Waals surface area contributed by atoms with Gasteiger partial charge >= 0.3 is 5.97 Å². The second kappa shape index (κ2) is 5.50. The van der Waals surface area contributed by atoms with Crippen molar-refractivity contribution in [3.8, 4) is 0 Å². The number of ether oxygens (including phenoxy) is 1. The number of methoxy groups -OCH3 is 1. The summed E-state index contributed by atoms with van der Waals surface area (Å²) in [5.74, 6) is -0.226. The van der Waals surface area contributed by atoms with Crippen molar-refractivity contribution in [2.45, 2.75) is 0 Å². The second-order valence-corrected chi connectivity index (χ2v) is 6.92. The van der Waals surface area contributed by atoms with Gasteiger partial charge in [-0.25, -0.2) is 4.79 Å². The summed E-state index contributed by atoms with van der Waals surface area (Å²) in [7, 11) is 1.62. The summed E-state index contributed by atoms with van der Waals surface area (Å²) in [6.45, 7) is 0. The number of aliphatic carboxylic acids is 1. The quantitative estimate of drug-likeness (QED) is 0.800. The van der Waals surface area contributed by atoms with Crippen LogP contribution in [-0.4, -0.2) is 18.2 Å². The number of rotatable bonds is 2. The Morgan fingerprint density at radius 2 is 2.10 bits per heavy atom. The van der Waals surface area contributed by atoms with Crippen LogP contribution in [0.4, 0.5) is 0 Å². The average Bonchev–Trinajstić information content (AvgIpc) is 2.79. The third-order valence-corrected chi connectivity index (χ3v) is 4.89. The van der Waals surface area contributed by atoms with E-state index in [0.29, 0.717) is 5.57 Å². The first-order valence-electron chi connectivity index (χ1n) is 6.20. The lowest BCUT2D eigenvalue weighted by Crippen LogP contribution is -1.95. The van der Waals surface area contributed by atoms with Gasteiger partial charge in [-0.1, -0.05) is 24.3 Å². The van der Waals surface area contributed by atoms with E-state index < -0.39 is 5.97 Å². The fourth-order valence-electron chi connectivity index (χ4n) is 2.39. The number of hydrogen-bond donors (Lipinski definition) is 1. The summed E-state index contributed by atoms with van der Waals surface area (Å²) in [5.41, 5.74) is 3.39. The summed E-state index contributed by atoms with van der Waals surface area (Å²) in [6, 6.07) is 9.64. The van der Waals surface area contributed by atoms with Crippen LogP contribution in [0, 0.1) is 0 Å². The Morgan fingerprint density at radius 1 is 1.33 bits per heavy atom. The maximum atomic E-state index is 11.2.